The van der Waals surface area contributed by atoms with Crippen LogP contribution in [0.4, 0.5) is 0 Å². The Bertz CT molecular complexity index is 638. The molecular formula is C12H10N2O2S2. The second-order valence-corrected chi connectivity index (χ2v) is 5.18. The molecule has 0 radical (unpaired) electrons. The number of amides is 1. The number of thioether (sulfide) groups is 1. The third-order valence-electron chi connectivity index (χ3n) is 2.27. The van der Waals surface area contributed by atoms with E-state index in [-0.39, 0.29) is 10.3 Å². The quantitative estimate of drug-likeness (QED) is 0.871. The van der Waals surface area contributed by atoms with E-state index in [0.717, 1.165) is 16.9 Å². The molecule has 18 heavy (non-hydrogen) atoms. The zero-order valence-electron chi connectivity index (χ0n) is 9.54. The molecule has 4 nitrogen and oxygen atoms in total. The summed E-state index contributed by atoms with van der Waals surface area (Å²) in [6, 6.07) is 9.36. The molecule has 0 saturated carbocycles. The molecule has 0 bridgehead atoms. The highest BCUT2D eigenvalue weighted by molar-refractivity contribution is 7.98. The number of carbonyl (C=O) groups is 1. The third kappa shape index (κ3) is 2.44. The lowest BCUT2D eigenvalue weighted by atomic mass is 10.2. The molecule has 0 aliphatic carbocycles. The minimum atomic E-state index is -0.729. The van der Waals surface area contributed by atoms with Crippen LogP contribution in [0.2, 0.25) is 0 Å². The molecule has 2 aromatic rings. The van der Waals surface area contributed by atoms with Gasteiger partial charge in [0.05, 0.1) is 0 Å². The zero-order valence-corrected chi connectivity index (χ0v) is 11.2. The fourth-order valence-electron chi connectivity index (χ4n) is 1.45. The summed E-state index contributed by atoms with van der Waals surface area (Å²) in [6.07, 6.45) is 1.76. The van der Waals surface area contributed by atoms with E-state index in [2.05, 4.69) is 4.98 Å². The Morgan fingerprint density at radius 3 is 2.56 bits per heavy atom. The van der Waals surface area contributed by atoms with Gasteiger partial charge in [0, 0.05) is 5.56 Å². The number of aromatic nitrogens is 1. The summed E-state index contributed by atoms with van der Waals surface area (Å²) in [6.45, 7) is 0. The predicted molar refractivity (Wildman–Crippen MR) is 74.1 cm³/mol. The van der Waals surface area contributed by atoms with Crippen molar-refractivity contribution in [3.63, 3.8) is 0 Å². The molecular weight excluding hydrogens is 268 g/mol. The molecule has 6 heteroatoms. The van der Waals surface area contributed by atoms with Gasteiger partial charge in [0.2, 0.25) is 4.74 Å². The van der Waals surface area contributed by atoms with Crippen LogP contribution >= 0.6 is 23.1 Å². The standard InChI is InChI=1S/C12H10N2O2S2/c1-17-11-8(9(13)15)12(16)18-10(14-11)7-5-3-2-4-6-7/h2-6H,1H3,(H2,13,15). The van der Waals surface area contributed by atoms with Crippen LogP contribution in [0.5, 0.6) is 0 Å². The van der Waals surface area contributed by atoms with Gasteiger partial charge in [-0.25, -0.2) is 4.98 Å². The minimum Gasteiger partial charge on any atom is -0.365 e. The van der Waals surface area contributed by atoms with Gasteiger partial charge in [0.15, 0.2) is 0 Å². The minimum absolute atomic E-state index is 0.0211. The van der Waals surface area contributed by atoms with Crippen LogP contribution in [0.1, 0.15) is 10.4 Å². The number of hydrogen-bond acceptors (Lipinski definition) is 5. The highest BCUT2D eigenvalue weighted by atomic mass is 32.2. The fraction of sp³-hybridized carbons (Fsp3) is 0.0833. The maximum atomic E-state index is 11.9. The van der Waals surface area contributed by atoms with E-state index in [0.29, 0.717) is 10.0 Å². The van der Waals surface area contributed by atoms with E-state index >= 15 is 0 Å². The molecule has 0 saturated heterocycles. The fourth-order valence-corrected chi connectivity index (χ4v) is 3.02. The number of rotatable bonds is 3. The van der Waals surface area contributed by atoms with E-state index in [9.17, 15) is 9.59 Å². The second kappa shape index (κ2) is 5.32. The first-order valence-electron chi connectivity index (χ1n) is 5.08. The van der Waals surface area contributed by atoms with Crippen molar-refractivity contribution in [2.75, 3.05) is 6.26 Å². The normalized spacial score (nSPS) is 10.3. The van der Waals surface area contributed by atoms with Gasteiger partial charge in [0.25, 0.3) is 5.91 Å². The lowest BCUT2D eigenvalue weighted by Gasteiger charge is -2.04. The molecule has 0 unspecified atom stereocenters. The first-order valence-corrected chi connectivity index (χ1v) is 7.12. The van der Waals surface area contributed by atoms with Crippen molar-refractivity contribution in [3.8, 4) is 10.6 Å². The largest absolute Gasteiger partial charge is 0.365 e. The van der Waals surface area contributed by atoms with Crippen LogP contribution in [0, 0.1) is 0 Å². The Morgan fingerprint density at radius 1 is 1.33 bits per heavy atom. The van der Waals surface area contributed by atoms with E-state index in [4.69, 9.17) is 5.73 Å². The molecule has 0 atom stereocenters. The second-order valence-electron chi connectivity index (χ2n) is 3.42. The number of nitrogens with two attached hydrogens (primary N) is 1. The van der Waals surface area contributed by atoms with Gasteiger partial charge in [-0.3, -0.25) is 9.59 Å². The molecule has 92 valence electrons. The average molecular weight is 278 g/mol. The summed E-state index contributed by atoms with van der Waals surface area (Å²) in [5.41, 5.74) is 6.03. The summed E-state index contributed by atoms with van der Waals surface area (Å²) >= 11 is 2.18. The lowest BCUT2D eigenvalue weighted by molar-refractivity contribution is 0.0996. The van der Waals surface area contributed by atoms with Crippen molar-refractivity contribution >= 4 is 29.0 Å². The molecule has 0 aliphatic rings. The number of primary amides is 1. The maximum absolute atomic E-state index is 11.9. The van der Waals surface area contributed by atoms with Crippen molar-refractivity contribution in [3.05, 3.63) is 45.4 Å². The Balaban J connectivity index is 2.64. The van der Waals surface area contributed by atoms with E-state index in [1.165, 1.54) is 11.8 Å². The third-order valence-corrected chi connectivity index (χ3v) is 3.86. The maximum Gasteiger partial charge on any atom is 0.256 e. The number of hydrogen-bond donors (Lipinski definition) is 1. The highest BCUT2D eigenvalue weighted by Crippen LogP contribution is 2.24. The van der Waals surface area contributed by atoms with E-state index in [1.54, 1.807) is 6.26 Å². The van der Waals surface area contributed by atoms with Crippen LogP contribution < -0.4 is 10.5 Å². The summed E-state index contributed by atoms with van der Waals surface area (Å²) < 4.78 is -0.347. The van der Waals surface area contributed by atoms with Crippen LogP contribution in [0.25, 0.3) is 10.6 Å². The number of carbonyl (C=O) groups excluding carboxylic acids is 1. The summed E-state index contributed by atoms with van der Waals surface area (Å²) in [5.74, 6) is -0.729. The Kier molecular flexibility index (Phi) is 3.78. The van der Waals surface area contributed by atoms with Crippen LogP contribution in [-0.4, -0.2) is 17.1 Å². The Labute approximate surface area is 112 Å². The van der Waals surface area contributed by atoms with Crippen molar-refractivity contribution in [1.29, 1.82) is 0 Å². The van der Waals surface area contributed by atoms with Crippen LogP contribution in [-0.2, 0) is 0 Å². The zero-order chi connectivity index (χ0) is 13.1. The molecule has 1 amide bonds. The molecule has 1 heterocycles. The average Bonchev–Trinajstić information content (AvgIpc) is 2.38. The highest BCUT2D eigenvalue weighted by Gasteiger charge is 2.16. The van der Waals surface area contributed by atoms with Gasteiger partial charge in [-0.05, 0) is 6.26 Å². The van der Waals surface area contributed by atoms with Gasteiger partial charge in [-0.1, -0.05) is 41.7 Å². The molecule has 2 rings (SSSR count). The summed E-state index contributed by atoms with van der Waals surface area (Å²) in [4.78, 5) is 27.4. The monoisotopic (exact) mass is 278 g/mol. The molecule has 0 spiro atoms. The number of benzene rings is 1. The van der Waals surface area contributed by atoms with E-state index in [1.807, 2.05) is 30.3 Å². The van der Waals surface area contributed by atoms with Crippen molar-refractivity contribution in [2.24, 2.45) is 5.73 Å². The molecule has 0 fully saturated rings. The van der Waals surface area contributed by atoms with Crippen molar-refractivity contribution < 1.29 is 4.79 Å². The van der Waals surface area contributed by atoms with Gasteiger partial charge in [-0.15, -0.1) is 11.8 Å². The molecule has 2 N–H and O–H groups in total. The lowest BCUT2D eigenvalue weighted by Crippen LogP contribution is -2.21. The smallest absolute Gasteiger partial charge is 0.256 e. The number of nitrogens with zero attached hydrogens (tertiary/aromatic N) is 1. The Hall–Kier alpha value is -1.66. The van der Waals surface area contributed by atoms with Gasteiger partial charge >= 0.3 is 0 Å². The van der Waals surface area contributed by atoms with Crippen molar-refractivity contribution in [2.45, 2.75) is 5.03 Å². The predicted octanol–water partition coefficient (Wildman–Crippen LogP) is 1.99. The van der Waals surface area contributed by atoms with Gasteiger partial charge in [0.1, 0.15) is 15.6 Å². The van der Waals surface area contributed by atoms with Gasteiger partial charge in [-0.2, -0.15) is 0 Å². The van der Waals surface area contributed by atoms with E-state index < -0.39 is 5.91 Å². The van der Waals surface area contributed by atoms with Crippen LogP contribution in [0.3, 0.4) is 0 Å². The summed E-state index contributed by atoms with van der Waals surface area (Å²) in [5, 5.41) is 0.972. The molecule has 0 aliphatic heterocycles. The first kappa shape index (κ1) is 12.8. The topological polar surface area (TPSA) is 73.1 Å². The Morgan fingerprint density at radius 2 is 2.00 bits per heavy atom. The van der Waals surface area contributed by atoms with Crippen LogP contribution in [0.15, 0.2) is 40.2 Å². The van der Waals surface area contributed by atoms with Gasteiger partial charge < -0.3 is 5.73 Å². The van der Waals surface area contributed by atoms with Crippen molar-refractivity contribution in [1.82, 2.24) is 4.98 Å². The first-order chi connectivity index (χ1) is 8.63. The summed E-state index contributed by atoms with van der Waals surface area (Å²) in [7, 11) is 0. The molecule has 1 aromatic carbocycles. The SMILES string of the molecule is CSc1nc(-c2ccccc2)sc(=O)c1C(N)=O. The molecule has 1 aromatic heterocycles.